The molecular formula is C16H22N6O8Zn+2. The zero-order valence-electron chi connectivity index (χ0n) is 16.6. The summed E-state index contributed by atoms with van der Waals surface area (Å²) >= 11 is 0. The Balaban J connectivity index is -0.000000436. The molecule has 4 heterocycles. The van der Waals surface area contributed by atoms with E-state index in [1.807, 2.05) is 0 Å². The molecule has 0 aliphatic carbocycles. The van der Waals surface area contributed by atoms with Crippen molar-refractivity contribution in [2.75, 3.05) is 0 Å². The number of fused-ring (bicyclic) bond motifs is 2. The van der Waals surface area contributed by atoms with Gasteiger partial charge in [0.2, 0.25) is 0 Å². The summed E-state index contributed by atoms with van der Waals surface area (Å²) in [5, 5.41) is 33.6. The van der Waals surface area contributed by atoms with Gasteiger partial charge in [-0.3, -0.25) is 19.6 Å². The molecule has 4 rings (SSSR count). The molecule has 164 valence electrons. The number of hydrogen-bond acceptors (Lipinski definition) is 8. The van der Waals surface area contributed by atoms with E-state index in [4.69, 9.17) is 0 Å². The number of H-pyrrole nitrogens is 2. The summed E-state index contributed by atoms with van der Waals surface area (Å²) in [7, 11) is 0. The number of aromatic nitrogens is 6. The minimum Gasteiger partial charge on any atom is -0.856 e. The Morgan fingerprint density at radius 3 is 1.35 bits per heavy atom. The van der Waals surface area contributed by atoms with Crippen LogP contribution in [0.25, 0.3) is 21.8 Å². The number of aryl methyl sites for hydroxylation is 2. The van der Waals surface area contributed by atoms with E-state index in [1.54, 1.807) is 38.1 Å². The first-order chi connectivity index (χ1) is 12.4. The first-order valence-corrected chi connectivity index (χ1v) is 7.43. The Bertz CT molecular complexity index is 1150. The summed E-state index contributed by atoms with van der Waals surface area (Å²) in [6, 6.07) is 6.49. The van der Waals surface area contributed by atoms with E-state index in [-0.39, 0.29) is 74.3 Å². The zero-order chi connectivity index (χ0) is 18.8. The van der Waals surface area contributed by atoms with Crippen LogP contribution in [0.5, 0.6) is 11.8 Å². The van der Waals surface area contributed by atoms with Gasteiger partial charge in [0.1, 0.15) is 0 Å². The van der Waals surface area contributed by atoms with Gasteiger partial charge in [0.25, 0.3) is 11.1 Å². The van der Waals surface area contributed by atoms with E-state index < -0.39 is 11.8 Å². The average Bonchev–Trinajstić information content (AvgIpc) is 2.62. The van der Waals surface area contributed by atoms with Crippen molar-refractivity contribution < 1.29 is 51.6 Å². The Kier molecular flexibility index (Phi) is 13.6. The number of hydrogen-bond donors (Lipinski definition) is 2. The molecule has 0 saturated heterocycles. The molecule has 0 unspecified atom stereocenters. The Morgan fingerprint density at radius 2 is 1.03 bits per heavy atom. The Hall–Kier alpha value is -3.36. The third-order valence-corrected chi connectivity index (χ3v) is 3.48. The normalized spacial score (nSPS) is 8.84. The maximum atomic E-state index is 11.1. The van der Waals surface area contributed by atoms with Gasteiger partial charge in [0.15, 0.2) is 0 Å². The molecule has 0 amide bonds. The van der Waals surface area contributed by atoms with Gasteiger partial charge in [-0.05, 0) is 38.1 Å². The molecule has 15 heteroatoms. The van der Waals surface area contributed by atoms with Crippen LogP contribution in [0.15, 0.2) is 33.9 Å². The van der Waals surface area contributed by atoms with Crippen molar-refractivity contribution in [3.05, 3.63) is 56.4 Å². The molecule has 0 atom stereocenters. The van der Waals surface area contributed by atoms with Gasteiger partial charge in [-0.25, -0.2) is 10.2 Å². The molecule has 12 N–H and O–H groups in total. The van der Waals surface area contributed by atoms with E-state index in [1.165, 1.54) is 0 Å². The quantitative estimate of drug-likeness (QED) is 0.179. The van der Waals surface area contributed by atoms with Crippen LogP contribution in [-0.4, -0.2) is 41.3 Å². The maximum Gasteiger partial charge on any atom is 2.00 e. The standard InChI is InChI=1S/2C8H7N3O2.4H2O.Zn/c2*1-4-2-3-5-6(9-4)8(13)11-10-7(5)12;;;;;/h2*2-3H,1H3,(H,10,12)(H,11,13);4*1H2;/q;;;;;;+2. The maximum absolute atomic E-state index is 11.1. The van der Waals surface area contributed by atoms with Crippen molar-refractivity contribution >= 4 is 21.8 Å². The largest absolute Gasteiger partial charge is 2.00 e. The molecular weight excluding hydrogens is 470 g/mol. The van der Waals surface area contributed by atoms with Gasteiger partial charge in [-0.1, -0.05) is 0 Å². The first kappa shape index (κ1) is 32.3. The van der Waals surface area contributed by atoms with E-state index >= 15 is 0 Å². The van der Waals surface area contributed by atoms with Crippen LogP contribution in [0.3, 0.4) is 0 Å². The van der Waals surface area contributed by atoms with Crippen LogP contribution >= 0.6 is 0 Å². The third-order valence-electron chi connectivity index (χ3n) is 3.48. The summed E-state index contributed by atoms with van der Waals surface area (Å²) in [4.78, 5) is 30.2. The molecule has 4 aromatic rings. The summed E-state index contributed by atoms with van der Waals surface area (Å²) in [6.45, 7) is 3.50. The minimum absolute atomic E-state index is 0. The second-order valence-corrected chi connectivity index (χ2v) is 5.41. The van der Waals surface area contributed by atoms with Crippen LogP contribution in [-0.2, 0) is 30.4 Å². The molecule has 0 aromatic carbocycles. The van der Waals surface area contributed by atoms with Crippen molar-refractivity contribution in [1.29, 1.82) is 0 Å². The number of nitrogens with zero attached hydrogens (tertiary/aromatic N) is 4. The topological polar surface area (TPSA) is 292 Å². The van der Waals surface area contributed by atoms with Gasteiger partial charge >= 0.3 is 19.5 Å². The molecule has 0 saturated carbocycles. The third kappa shape index (κ3) is 6.84. The molecule has 0 spiro atoms. The fraction of sp³-hybridized carbons (Fsp3) is 0.125. The summed E-state index contributed by atoms with van der Waals surface area (Å²) < 4.78 is 0. The molecule has 0 radical (unpaired) electrons. The summed E-state index contributed by atoms with van der Waals surface area (Å²) in [6.07, 6.45) is 0. The number of aromatic amines is 2. The van der Waals surface area contributed by atoms with Crippen LogP contribution in [0.1, 0.15) is 11.4 Å². The van der Waals surface area contributed by atoms with Crippen LogP contribution in [0, 0.1) is 13.8 Å². The SMILES string of the molecule is Cc1ccc2c(=O)[nH]nc([O-])c2n1.Cc1ccc2c(=O)[nH]nc([O-])c2n1.O.O.[OH3+].[OH3+].[Zn+2]. The van der Waals surface area contributed by atoms with Crippen molar-refractivity contribution in [3.8, 4) is 11.8 Å². The smallest absolute Gasteiger partial charge is 0.856 e. The fourth-order valence-electron chi connectivity index (χ4n) is 2.24. The summed E-state index contributed by atoms with van der Waals surface area (Å²) in [5.74, 6) is -1.00. The monoisotopic (exact) mass is 490 g/mol. The number of pyridine rings is 2. The summed E-state index contributed by atoms with van der Waals surface area (Å²) in [5.41, 5.74) is 0.866. The molecule has 0 fully saturated rings. The van der Waals surface area contributed by atoms with Gasteiger partial charge in [0, 0.05) is 23.1 Å². The van der Waals surface area contributed by atoms with Gasteiger partial charge in [0.05, 0.1) is 21.8 Å². The molecule has 0 aliphatic rings. The Morgan fingerprint density at radius 1 is 0.710 bits per heavy atom. The second kappa shape index (κ2) is 13.0. The van der Waals surface area contributed by atoms with Crippen molar-refractivity contribution in [2.24, 2.45) is 0 Å². The predicted octanol–water partition coefficient (Wildman–Crippen LogP) is -4.10. The van der Waals surface area contributed by atoms with Crippen molar-refractivity contribution in [1.82, 2.24) is 30.4 Å². The van der Waals surface area contributed by atoms with E-state index in [9.17, 15) is 19.8 Å². The zero-order valence-corrected chi connectivity index (χ0v) is 19.6. The van der Waals surface area contributed by atoms with Gasteiger partial charge in [-0.2, -0.15) is 10.2 Å². The number of rotatable bonds is 0. The first-order valence-electron chi connectivity index (χ1n) is 7.43. The molecule has 4 aromatic heterocycles. The van der Waals surface area contributed by atoms with Crippen LogP contribution in [0.4, 0.5) is 0 Å². The molecule has 31 heavy (non-hydrogen) atoms. The fourth-order valence-corrected chi connectivity index (χ4v) is 2.24. The van der Waals surface area contributed by atoms with E-state index in [0.717, 1.165) is 0 Å². The van der Waals surface area contributed by atoms with Crippen LogP contribution < -0.4 is 21.3 Å². The van der Waals surface area contributed by atoms with Crippen molar-refractivity contribution in [2.45, 2.75) is 13.8 Å². The molecule has 14 nitrogen and oxygen atoms in total. The minimum atomic E-state index is -0.502. The number of nitrogens with one attached hydrogen (secondary N) is 2. The van der Waals surface area contributed by atoms with E-state index in [2.05, 4.69) is 30.4 Å². The van der Waals surface area contributed by atoms with E-state index in [0.29, 0.717) is 11.4 Å². The van der Waals surface area contributed by atoms with Crippen LogP contribution in [0.2, 0.25) is 0 Å². The molecule has 0 aliphatic heterocycles. The molecule has 0 bridgehead atoms. The Labute approximate surface area is 186 Å². The van der Waals surface area contributed by atoms with Gasteiger partial charge in [-0.15, -0.1) is 0 Å². The average molecular weight is 492 g/mol. The van der Waals surface area contributed by atoms with Crippen molar-refractivity contribution in [3.63, 3.8) is 0 Å². The predicted molar refractivity (Wildman–Crippen MR) is 106 cm³/mol. The van der Waals surface area contributed by atoms with Gasteiger partial charge < -0.3 is 32.1 Å². The second-order valence-electron chi connectivity index (χ2n) is 5.41.